The van der Waals surface area contributed by atoms with Crippen molar-refractivity contribution in [1.29, 1.82) is 0 Å². The van der Waals surface area contributed by atoms with Crippen LogP contribution >= 0.6 is 0 Å². The van der Waals surface area contributed by atoms with Gasteiger partial charge in [0.15, 0.2) is 11.5 Å². The van der Waals surface area contributed by atoms with Crippen molar-refractivity contribution in [3.8, 4) is 28.9 Å². The van der Waals surface area contributed by atoms with E-state index in [0.717, 1.165) is 21.9 Å². The van der Waals surface area contributed by atoms with E-state index >= 15 is 0 Å². The average molecular weight is 795 g/mol. The maximum atomic E-state index is 13.6. The molecule has 5 rings (SSSR count). The van der Waals surface area contributed by atoms with E-state index in [2.05, 4.69) is 36.4 Å². The largest absolute Gasteiger partial charge is 0.497 e. The van der Waals surface area contributed by atoms with Gasteiger partial charge in [-0.25, -0.2) is 9.78 Å². The maximum Gasteiger partial charge on any atom is 0.323 e. The van der Waals surface area contributed by atoms with Gasteiger partial charge in [0.05, 0.1) is 64.2 Å². The van der Waals surface area contributed by atoms with Gasteiger partial charge in [-0.15, -0.1) is 0 Å². The fourth-order valence-electron chi connectivity index (χ4n) is 6.12. The molecule has 2 N–H and O–H groups in total. The number of ketones is 1. The number of urea groups is 1. The SMILES string of the molecule is CCCC(=O)c1cc(C(C)(C)C)cc(NC(=O)Nc2ccc(Oc3ccnc(Cc4cc(OC)cc(OCCOCCOCCOC)c4)n3)c3ccccc23)c1OC. The molecule has 0 aliphatic carbocycles. The summed E-state index contributed by atoms with van der Waals surface area (Å²) in [5.74, 6) is 3.02. The number of Topliss-reactive ketones (excluding diaryl/α,β-unsaturated/α-hetero) is 1. The van der Waals surface area contributed by atoms with Crippen LogP contribution in [-0.2, 0) is 26.0 Å². The van der Waals surface area contributed by atoms with Gasteiger partial charge in [0.2, 0.25) is 5.88 Å². The van der Waals surface area contributed by atoms with Gasteiger partial charge in [-0.3, -0.25) is 4.79 Å². The Hall–Kier alpha value is -5.76. The van der Waals surface area contributed by atoms with Crippen LogP contribution in [0.15, 0.2) is 79.0 Å². The minimum absolute atomic E-state index is 0.0416. The summed E-state index contributed by atoms with van der Waals surface area (Å²) < 4.78 is 39.5. The predicted molar refractivity (Wildman–Crippen MR) is 224 cm³/mol. The molecule has 0 spiro atoms. The van der Waals surface area contributed by atoms with Crippen LogP contribution < -0.4 is 29.6 Å². The van der Waals surface area contributed by atoms with Crippen LogP contribution in [0, 0.1) is 0 Å². The fourth-order valence-corrected chi connectivity index (χ4v) is 6.12. The normalized spacial score (nSPS) is 11.3. The van der Waals surface area contributed by atoms with Gasteiger partial charge in [0, 0.05) is 49.1 Å². The van der Waals surface area contributed by atoms with Crippen LogP contribution in [0.5, 0.6) is 28.9 Å². The first kappa shape index (κ1) is 43.4. The molecule has 0 saturated heterocycles. The Morgan fingerprint density at radius 1 is 0.741 bits per heavy atom. The molecule has 1 aromatic heterocycles. The van der Waals surface area contributed by atoms with Gasteiger partial charge < -0.3 is 43.8 Å². The number of hydrogen-bond donors (Lipinski definition) is 2. The lowest BCUT2D eigenvalue weighted by atomic mass is 9.84. The first-order valence-corrected chi connectivity index (χ1v) is 19.3. The molecule has 13 nitrogen and oxygen atoms in total. The monoisotopic (exact) mass is 794 g/mol. The maximum absolute atomic E-state index is 13.6. The summed E-state index contributed by atoms with van der Waals surface area (Å²) in [4.78, 5) is 35.9. The van der Waals surface area contributed by atoms with Crippen LogP contribution in [0.3, 0.4) is 0 Å². The Labute approximate surface area is 340 Å². The van der Waals surface area contributed by atoms with Gasteiger partial charge in [-0.1, -0.05) is 52.0 Å². The number of carbonyl (C=O) groups is 2. The molecule has 0 bridgehead atoms. The number of benzene rings is 4. The van der Waals surface area contributed by atoms with Crippen molar-refractivity contribution in [2.45, 2.75) is 52.4 Å². The molecular weight excluding hydrogens is 741 g/mol. The Morgan fingerprint density at radius 2 is 1.45 bits per heavy atom. The number of carbonyl (C=O) groups excluding carboxylic acids is 2. The summed E-state index contributed by atoms with van der Waals surface area (Å²) in [7, 11) is 4.74. The van der Waals surface area contributed by atoms with E-state index in [9.17, 15) is 9.59 Å². The first-order valence-electron chi connectivity index (χ1n) is 19.3. The number of rotatable bonds is 21. The number of methoxy groups -OCH3 is 3. The molecule has 5 aromatic rings. The van der Waals surface area contributed by atoms with Crippen molar-refractivity contribution in [3.63, 3.8) is 0 Å². The highest BCUT2D eigenvalue weighted by Gasteiger charge is 2.24. The zero-order valence-electron chi connectivity index (χ0n) is 34.4. The molecule has 0 saturated carbocycles. The molecule has 13 heteroatoms. The minimum Gasteiger partial charge on any atom is -0.497 e. The molecule has 0 atom stereocenters. The number of aromatic nitrogens is 2. The van der Waals surface area contributed by atoms with Crippen molar-refractivity contribution in [3.05, 3.63) is 102 Å². The van der Waals surface area contributed by atoms with Gasteiger partial charge in [0.25, 0.3) is 0 Å². The van der Waals surface area contributed by atoms with Crippen molar-refractivity contribution in [1.82, 2.24) is 9.97 Å². The van der Waals surface area contributed by atoms with Gasteiger partial charge in [0.1, 0.15) is 29.7 Å². The molecule has 2 amide bonds. The summed E-state index contributed by atoms with van der Waals surface area (Å²) in [6.45, 7) is 10.9. The lowest BCUT2D eigenvalue weighted by molar-refractivity contribution is 0.0179. The number of nitrogens with zero attached hydrogens (tertiary/aromatic N) is 2. The Morgan fingerprint density at radius 3 is 2.16 bits per heavy atom. The third-order valence-corrected chi connectivity index (χ3v) is 9.05. The van der Waals surface area contributed by atoms with Crippen LogP contribution in [-0.4, -0.2) is 82.8 Å². The molecule has 0 fully saturated rings. The lowest BCUT2D eigenvalue weighted by Crippen LogP contribution is -2.22. The molecule has 0 unspecified atom stereocenters. The summed E-state index contributed by atoms with van der Waals surface area (Å²) in [6, 6.07) is 21.7. The zero-order chi connectivity index (χ0) is 41.5. The summed E-state index contributed by atoms with van der Waals surface area (Å²) >= 11 is 0. The van der Waals surface area contributed by atoms with Crippen LogP contribution in [0.1, 0.15) is 67.8 Å². The van der Waals surface area contributed by atoms with E-state index in [1.807, 2.05) is 61.5 Å². The molecular formula is C45H54N4O9. The molecule has 0 radical (unpaired) electrons. The zero-order valence-corrected chi connectivity index (χ0v) is 34.4. The summed E-state index contributed by atoms with van der Waals surface area (Å²) in [5.41, 5.74) is 2.94. The van der Waals surface area contributed by atoms with Crippen molar-refractivity contribution in [2.24, 2.45) is 0 Å². The van der Waals surface area contributed by atoms with E-state index in [4.69, 9.17) is 38.1 Å². The highest BCUT2D eigenvalue weighted by Crippen LogP contribution is 2.38. The second-order valence-electron chi connectivity index (χ2n) is 14.4. The third-order valence-electron chi connectivity index (χ3n) is 9.05. The fraction of sp³-hybridized carbons (Fsp3) is 0.378. The quantitative estimate of drug-likeness (QED) is 0.0542. The van der Waals surface area contributed by atoms with Crippen molar-refractivity contribution in [2.75, 3.05) is 71.6 Å². The Bertz CT molecular complexity index is 2150. The van der Waals surface area contributed by atoms with Crippen molar-refractivity contribution >= 4 is 34.0 Å². The Kier molecular flexibility index (Phi) is 15.8. The average Bonchev–Trinajstić information content (AvgIpc) is 3.20. The third kappa shape index (κ3) is 12.1. The van der Waals surface area contributed by atoms with Gasteiger partial charge in [-0.05, 0) is 59.4 Å². The number of hydrogen-bond acceptors (Lipinski definition) is 11. The van der Waals surface area contributed by atoms with E-state index in [1.165, 1.54) is 7.11 Å². The lowest BCUT2D eigenvalue weighted by Gasteiger charge is -2.23. The van der Waals surface area contributed by atoms with Crippen LogP contribution in [0.25, 0.3) is 10.8 Å². The van der Waals surface area contributed by atoms with Crippen LogP contribution in [0.2, 0.25) is 0 Å². The van der Waals surface area contributed by atoms with Gasteiger partial charge >= 0.3 is 6.03 Å². The first-order chi connectivity index (χ1) is 28.0. The molecule has 0 aliphatic heterocycles. The topological polar surface area (TPSA) is 149 Å². The van der Waals surface area contributed by atoms with Crippen molar-refractivity contribution < 1.29 is 42.7 Å². The standard InChI is InChI=1S/C45H54N4O9/c1-8-11-39(50)36-27-31(45(2,3)4)28-38(43(36)54-7)48-44(51)47-37-14-15-40(35-13-10-9-12-34(35)37)58-42-16-17-46-41(49-42)26-30-24-32(53-6)29-33(25-30)57-23-22-56-21-20-55-19-18-52-5/h9-10,12-17,24-25,27-29H,8,11,18-23,26H2,1-7H3,(H2,47,48,51). The second-order valence-corrected chi connectivity index (χ2v) is 14.4. The summed E-state index contributed by atoms with van der Waals surface area (Å²) in [5, 5.41) is 7.43. The Balaban J connectivity index is 1.28. The molecule has 1 heterocycles. The van der Waals surface area contributed by atoms with E-state index < -0.39 is 6.03 Å². The van der Waals surface area contributed by atoms with E-state index in [1.54, 1.807) is 38.6 Å². The number of nitrogens with one attached hydrogen (secondary N) is 2. The van der Waals surface area contributed by atoms with Gasteiger partial charge in [-0.2, -0.15) is 4.98 Å². The predicted octanol–water partition coefficient (Wildman–Crippen LogP) is 9.01. The van der Waals surface area contributed by atoms with E-state index in [0.29, 0.717) is 111 Å². The minimum atomic E-state index is -0.489. The molecule has 4 aromatic carbocycles. The smallest absolute Gasteiger partial charge is 0.323 e. The molecule has 58 heavy (non-hydrogen) atoms. The number of fused-ring (bicyclic) bond motifs is 1. The van der Waals surface area contributed by atoms with Crippen LogP contribution in [0.4, 0.5) is 16.2 Å². The number of ether oxygens (including phenoxy) is 7. The number of amides is 2. The van der Waals surface area contributed by atoms with E-state index in [-0.39, 0.29) is 11.2 Å². The highest BCUT2D eigenvalue weighted by molar-refractivity contribution is 6.09. The summed E-state index contributed by atoms with van der Waals surface area (Å²) in [6.07, 6.45) is 3.12. The highest BCUT2D eigenvalue weighted by atomic mass is 16.6. The number of anilines is 2. The molecule has 0 aliphatic rings. The molecule has 308 valence electrons. The second kappa shape index (κ2) is 21.1.